The van der Waals surface area contributed by atoms with Gasteiger partial charge in [0.05, 0.1) is 23.3 Å². The smallest absolute Gasteiger partial charge is 0.233 e. The SMILES string of the molecule is CCCC(C(=O)Nc1cnc(Cl)cn1)c1cncc(Cl)c1. The van der Waals surface area contributed by atoms with Gasteiger partial charge >= 0.3 is 0 Å². The zero-order valence-corrected chi connectivity index (χ0v) is 12.9. The summed E-state index contributed by atoms with van der Waals surface area (Å²) in [4.78, 5) is 24.3. The number of pyridine rings is 1. The predicted molar refractivity (Wildman–Crippen MR) is 82.6 cm³/mol. The van der Waals surface area contributed by atoms with Gasteiger partial charge in [0.2, 0.25) is 5.91 Å². The quantitative estimate of drug-likeness (QED) is 0.910. The predicted octanol–water partition coefficient (Wildman–Crippen LogP) is 3.70. The van der Waals surface area contributed by atoms with Crippen LogP contribution in [0.1, 0.15) is 31.2 Å². The number of nitrogens with one attached hydrogen (secondary N) is 1. The molecule has 0 aromatic carbocycles. The average molecular weight is 325 g/mol. The maximum absolute atomic E-state index is 12.4. The molecule has 1 atom stereocenters. The van der Waals surface area contributed by atoms with E-state index in [0.29, 0.717) is 17.3 Å². The van der Waals surface area contributed by atoms with Crippen LogP contribution < -0.4 is 5.32 Å². The Morgan fingerprint density at radius 2 is 2.05 bits per heavy atom. The molecule has 2 rings (SSSR count). The lowest BCUT2D eigenvalue weighted by Crippen LogP contribution is -2.22. The molecule has 2 heterocycles. The first-order valence-corrected chi connectivity index (χ1v) is 7.24. The van der Waals surface area contributed by atoms with E-state index >= 15 is 0 Å². The first kappa shape index (κ1) is 15.7. The van der Waals surface area contributed by atoms with Crippen LogP contribution in [0.5, 0.6) is 0 Å². The maximum atomic E-state index is 12.4. The van der Waals surface area contributed by atoms with E-state index in [1.54, 1.807) is 12.3 Å². The molecule has 2 aromatic rings. The van der Waals surface area contributed by atoms with Crippen LogP contribution in [0.3, 0.4) is 0 Å². The van der Waals surface area contributed by atoms with Gasteiger partial charge in [-0.1, -0.05) is 36.5 Å². The highest BCUT2D eigenvalue weighted by atomic mass is 35.5. The van der Waals surface area contributed by atoms with Crippen LogP contribution in [0.15, 0.2) is 30.9 Å². The van der Waals surface area contributed by atoms with Crippen molar-refractivity contribution in [2.75, 3.05) is 5.32 Å². The van der Waals surface area contributed by atoms with Gasteiger partial charge in [-0.05, 0) is 18.1 Å². The van der Waals surface area contributed by atoms with Crippen molar-refractivity contribution in [1.82, 2.24) is 15.0 Å². The van der Waals surface area contributed by atoms with Crippen LogP contribution >= 0.6 is 23.2 Å². The van der Waals surface area contributed by atoms with E-state index in [-0.39, 0.29) is 17.0 Å². The van der Waals surface area contributed by atoms with Crippen molar-refractivity contribution in [2.24, 2.45) is 0 Å². The Hall–Kier alpha value is -1.72. The molecule has 0 fully saturated rings. The number of aromatic nitrogens is 3. The monoisotopic (exact) mass is 324 g/mol. The number of carbonyl (C=O) groups excluding carboxylic acids is 1. The number of halogens is 2. The van der Waals surface area contributed by atoms with Crippen molar-refractivity contribution >= 4 is 34.9 Å². The molecule has 0 aliphatic heterocycles. The second kappa shape index (κ2) is 7.33. The first-order valence-electron chi connectivity index (χ1n) is 6.49. The number of amides is 1. The maximum Gasteiger partial charge on any atom is 0.233 e. The molecule has 5 nitrogen and oxygen atoms in total. The number of hydrogen-bond acceptors (Lipinski definition) is 4. The molecular weight excluding hydrogens is 311 g/mol. The third-order valence-corrected chi connectivity index (χ3v) is 3.30. The summed E-state index contributed by atoms with van der Waals surface area (Å²) >= 11 is 11.6. The van der Waals surface area contributed by atoms with Gasteiger partial charge in [-0.15, -0.1) is 0 Å². The Kier molecular flexibility index (Phi) is 5.47. The normalized spacial score (nSPS) is 12.0. The third-order valence-electron chi connectivity index (χ3n) is 2.89. The topological polar surface area (TPSA) is 67.8 Å². The van der Waals surface area contributed by atoms with E-state index in [2.05, 4.69) is 20.3 Å². The molecule has 1 N–H and O–H groups in total. The minimum atomic E-state index is -0.335. The van der Waals surface area contributed by atoms with Crippen molar-refractivity contribution < 1.29 is 4.79 Å². The minimum absolute atomic E-state index is 0.169. The number of carbonyl (C=O) groups is 1. The lowest BCUT2D eigenvalue weighted by molar-refractivity contribution is -0.117. The zero-order valence-electron chi connectivity index (χ0n) is 11.4. The fourth-order valence-corrected chi connectivity index (χ4v) is 2.23. The molecule has 7 heteroatoms. The van der Waals surface area contributed by atoms with E-state index in [4.69, 9.17) is 23.2 Å². The highest BCUT2D eigenvalue weighted by Crippen LogP contribution is 2.24. The van der Waals surface area contributed by atoms with E-state index in [1.807, 2.05) is 6.92 Å². The second-order valence-electron chi connectivity index (χ2n) is 4.49. The first-order chi connectivity index (χ1) is 10.1. The standard InChI is InChI=1S/C14H14Cl2N4O/c1-2-3-11(9-4-10(15)6-17-5-9)14(21)20-13-8-18-12(16)7-19-13/h4-8,11H,2-3H2,1H3,(H,19,20,21). The van der Waals surface area contributed by atoms with E-state index in [9.17, 15) is 4.79 Å². The summed E-state index contributed by atoms with van der Waals surface area (Å²) < 4.78 is 0. The van der Waals surface area contributed by atoms with Crippen molar-refractivity contribution in [3.05, 3.63) is 46.6 Å². The lowest BCUT2D eigenvalue weighted by atomic mass is 9.95. The van der Waals surface area contributed by atoms with Gasteiger partial charge in [0, 0.05) is 12.4 Å². The molecule has 0 aliphatic rings. The Morgan fingerprint density at radius 3 is 2.67 bits per heavy atom. The number of rotatable bonds is 5. The van der Waals surface area contributed by atoms with Crippen LogP contribution in [-0.2, 0) is 4.79 Å². The Labute approximate surface area is 132 Å². The summed E-state index contributed by atoms with van der Waals surface area (Å²) in [6.45, 7) is 2.01. The average Bonchev–Trinajstić information content (AvgIpc) is 2.47. The van der Waals surface area contributed by atoms with E-state index in [0.717, 1.165) is 12.0 Å². The summed E-state index contributed by atoms with van der Waals surface area (Å²) in [6, 6.07) is 1.75. The molecule has 0 aliphatic carbocycles. The van der Waals surface area contributed by atoms with Gasteiger partial charge in [-0.3, -0.25) is 9.78 Å². The summed E-state index contributed by atoms with van der Waals surface area (Å²) in [5.74, 6) is -0.142. The molecule has 2 aromatic heterocycles. The fourth-order valence-electron chi connectivity index (χ4n) is 1.95. The van der Waals surface area contributed by atoms with Crippen molar-refractivity contribution in [1.29, 1.82) is 0 Å². The van der Waals surface area contributed by atoms with Crippen LogP contribution in [0.4, 0.5) is 5.82 Å². The molecule has 1 unspecified atom stereocenters. The second-order valence-corrected chi connectivity index (χ2v) is 5.32. The number of anilines is 1. The fraction of sp³-hybridized carbons (Fsp3) is 0.286. The molecule has 0 saturated carbocycles. The lowest BCUT2D eigenvalue weighted by Gasteiger charge is -2.16. The van der Waals surface area contributed by atoms with Crippen LogP contribution in [-0.4, -0.2) is 20.9 Å². The van der Waals surface area contributed by atoms with E-state index < -0.39 is 0 Å². The van der Waals surface area contributed by atoms with Gasteiger partial charge in [-0.2, -0.15) is 0 Å². The zero-order chi connectivity index (χ0) is 15.2. The van der Waals surface area contributed by atoms with Gasteiger partial charge in [-0.25, -0.2) is 9.97 Å². The molecule has 0 saturated heterocycles. The van der Waals surface area contributed by atoms with Gasteiger partial charge in [0.25, 0.3) is 0 Å². The largest absolute Gasteiger partial charge is 0.309 e. The Balaban J connectivity index is 2.17. The highest BCUT2D eigenvalue weighted by Gasteiger charge is 2.21. The molecular formula is C14H14Cl2N4O. The highest BCUT2D eigenvalue weighted by molar-refractivity contribution is 6.30. The Morgan fingerprint density at radius 1 is 1.24 bits per heavy atom. The molecule has 0 bridgehead atoms. The van der Waals surface area contributed by atoms with Crippen molar-refractivity contribution in [2.45, 2.75) is 25.7 Å². The van der Waals surface area contributed by atoms with Gasteiger partial charge in [0.15, 0.2) is 5.82 Å². The summed E-state index contributed by atoms with van der Waals surface area (Å²) in [5.41, 5.74) is 0.781. The Bertz CT molecular complexity index is 619. The van der Waals surface area contributed by atoms with Crippen LogP contribution in [0.25, 0.3) is 0 Å². The number of hydrogen-bond donors (Lipinski definition) is 1. The van der Waals surface area contributed by atoms with E-state index in [1.165, 1.54) is 18.6 Å². The minimum Gasteiger partial charge on any atom is -0.309 e. The van der Waals surface area contributed by atoms with Gasteiger partial charge < -0.3 is 5.32 Å². The van der Waals surface area contributed by atoms with Crippen molar-refractivity contribution in [3.8, 4) is 0 Å². The molecule has 110 valence electrons. The van der Waals surface area contributed by atoms with Gasteiger partial charge in [0.1, 0.15) is 5.15 Å². The summed E-state index contributed by atoms with van der Waals surface area (Å²) in [7, 11) is 0. The summed E-state index contributed by atoms with van der Waals surface area (Å²) in [6.07, 6.45) is 7.54. The molecule has 21 heavy (non-hydrogen) atoms. The van der Waals surface area contributed by atoms with Crippen LogP contribution in [0, 0.1) is 0 Å². The number of nitrogens with zero attached hydrogens (tertiary/aromatic N) is 3. The molecule has 1 amide bonds. The molecule has 0 radical (unpaired) electrons. The van der Waals surface area contributed by atoms with Crippen molar-refractivity contribution in [3.63, 3.8) is 0 Å². The van der Waals surface area contributed by atoms with Crippen LogP contribution in [0.2, 0.25) is 10.2 Å². The molecule has 0 spiro atoms. The third kappa shape index (κ3) is 4.37. The summed E-state index contributed by atoms with van der Waals surface area (Å²) in [5, 5.41) is 3.51.